The smallest absolute Gasteiger partial charge is 0.337 e. The third kappa shape index (κ3) is 2.99. The molecule has 0 radical (unpaired) electrons. The molecule has 1 rings (SSSR count). The van der Waals surface area contributed by atoms with E-state index in [1.54, 1.807) is 24.3 Å². The lowest BCUT2D eigenvalue weighted by molar-refractivity contribution is 0.0600. The van der Waals surface area contributed by atoms with Crippen LogP contribution in [0.1, 0.15) is 15.9 Å². The molecule has 3 nitrogen and oxygen atoms in total. The average Bonchev–Trinajstić information content (AvgIpc) is 2.26. The molecule has 0 saturated heterocycles. The van der Waals surface area contributed by atoms with Gasteiger partial charge in [0.05, 0.1) is 12.7 Å². The lowest BCUT2D eigenvalue weighted by atomic mass is 10.1. The highest BCUT2D eigenvalue weighted by Gasteiger charge is 2.07. The van der Waals surface area contributed by atoms with Crippen LogP contribution in [0.2, 0.25) is 0 Å². The Balaban J connectivity index is 2.98. The second-order valence-corrected chi connectivity index (χ2v) is 3.13. The molecule has 1 N–H and O–H groups in total. The van der Waals surface area contributed by atoms with Crippen molar-refractivity contribution in [3.8, 4) is 5.75 Å². The van der Waals surface area contributed by atoms with Crippen LogP contribution in [-0.4, -0.2) is 24.1 Å². The van der Waals surface area contributed by atoms with E-state index in [1.807, 2.05) is 0 Å². The van der Waals surface area contributed by atoms with Gasteiger partial charge >= 0.3 is 5.97 Å². The van der Waals surface area contributed by atoms with Crippen LogP contribution in [0.25, 0.3) is 6.08 Å². The number of carbonyl (C=O) groups is 1. The van der Waals surface area contributed by atoms with E-state index in [9.17, 15) is 9.90 Å². The molecule has 0 fully saturated rings. The number of ether oxygens (including phenoxy) is 1. The predicted molar refractivity (Wildman–Crippen MR) is 59.2 cm³/mol. The zero-order valence-electron chi connectivity index (χ0n) is 8.24. The van der Waals surface area contributed by atoms with Crippen molar-refractivity contribution >= 4 is 23.6 Å². The maximum Gasteiger partial charge on any atom is 0.337 e. The zero-order valence-corrected chi connectivity index (χ0v) is 8.99. The maximum absolute atomic E-state index is 11.1. The SMILES string of the molecule is COC(=O)c1ccc(C=CCCl)c(O)c1. The molecule has 0 unspecified atom stereocenters. The predicted octanol–water partition coefficient (Wildman–Crippen LogP) is 2.43. The Morgan fingerprint density at radius 3 is 2.87 bits per heavy atom. The summed E-state index contributed by atoms with van der Waals surface area (Å²) in [6.45, 7) is 0. The Labute approximate surface area is 92.9 Å². The lowest BCUT2D eigenvalue weighted by Crippen LogP contribution is -2.00. The number of halogens is 1. The van der Waals surface area contributed by atoms with Crippen LogP contribution >= 0.6 is 11.6 Å². The van der Waals surface area contributed by atoms with Gasteiger partial charge in [-0.25, -0.2) is 4.79 Å². The number of hydrogen-bond donors (Lipinski definition) is 1. The molecular weight excluding hydrogens is 216 g/mol. The molecule has 15 heavy (non-hydrogen) atoms. The van der Waals surface area contributed by atoms with E-state index in [2.05, 4.69) is 4.74 Å². The number of esters is 1. The molecule has 0 saturated carbocycles. The Hall–Kier alpha value is -1.48. The largest absolute Gasteiger partial charge is 0.507 e. The molecule has 0 aliphatic carbocycles. The first-order valence-electron chi connectivity index (χ1n) is 4.33. The van der Waals surface area contributed by atoms with Crippen molar-refractivity contribution in [1.82, 2.24) is 0 Å². The number of hydrogen-bond acceptors (Lipinski definition) is 3. The summed E-state index contributed by atoms with van der Waals surface area (Å²) in [6.07, 6.45) is 3.39. The van der Waals surface area contributed by atoms with Crippen LogP contribution in [0.3, 0.4) is 0 Å². The molecule has 1 aromatic rings. The van der Waals surface area contributed by atoms with Gasteiger partial charge in [0.1, 0.15) is 5.75 Å². The molecule has 0 aliphatic rings. The molecule has 0 atom stereocenters. The van der Waals surface area contributed by atoms with E-state index in [4.69, 9.17) is 11.6 Å². The molecule has 0 heterocycles. The molecule has 0 aromatic heterocycles. The van der Waals surface area contributed by atoms with Gasteiger partial charge in [0.2, 0.25) is 0 Å². The third-order valence-electron chi connectivity index (χ3n) is 1.84. The number of phenolic OH excluding ortho intramolecular Hbond substituents is 1. The van der Waals surface area contributed by atoms with Gasteiger partial charge < -0.3 is 9.84 Å². The zero-order chi connectivity index (χ0) is 11.3. The summed E-state index contributed by atoms with van der Waals surface area (Å²) in [5.74, 6) is -0.0736. The van der Waals surface area contributed by atoms with Gasteiger partial charge in [-0.3, -0.25) is 0 Å². The molecule has 4 heteroatoms. The normalized spacial score (nSPS) is 10.5. The minimum absolute atomic E-state index is 0.0271. The van der Waals surface area contributed by atoms with Crippen molar-refractivity contribution in [2.45, 2.75) is 0 Å². The Morgan fingerprint density at radius 1 is 1.60 bits per heavy atom. The molecule has 0 aliphatic heterocycles. The molecule has 0 amide bonds. The third-order valence-corrected chi connectivity index (χ3v) is 2.02. The van der Waals surface area contributed by atoms with Gasteiger partial charge in [0, 0.05) is 11.4 Å². The standard InChI is InChI=1S/C11H11ClO3/c1-15-11(14)9-5-4-8(3-2-6-12)10(13)7-9/h2-5,7,13H,6H2,1H3. The van der Waals surface area contributed by atoms with Gasteiger partial charge in [-0.15, -0.1) is 11.6 Å². The lowest BCUT2D eigenvalue weighted by Gasteiger charge is -2.02. The van der Waals surface area contributed by atoms with Crippen LogP contribution in [0.4, 0.5) is 0 Å². The van der Waals surface area contributed by atoms with Crippen LogP contribution in [-0.2, 0) is 4.74 Å². The quantitative estimate of drug-likeness (QED) is 0.636. The van der Waals surface area contributed by atoms with Gasteiger partial charge in [-0.1, -0.05) is 18.2 Å². The van der Waals surface area contributed by atoms with Gasteiger partial charge in [-0.2, -0.15) is 0 Å². The van der Waals surface area contributed by atoms with Crippen molar-refractivity contribution in [1.29, 1.82) is 0 Å². The van der Waals surface area contributed by atoms with Crippen LogP contribution in [0.15, 0.2) is 24.3 Å². The Kier molecular flexibility index (Phi) is 4.18. The summed E-state index contributed by atoms with van der Waals surface area (Å²) in [5.41, 5.74) is 0.932. The van der Waals surface area contributed by atoms with Crippen molar-refractivity contribution in [2.24, 2.45) is 0 Å². The van der Waals surface area contributed by atoms with Crippen LogP contribution < -0.4 is 0 Å². The monoisotopic (exact) mass is 226 g/mol. The molecule has 0 bridgehead atoms. The molecule has 0 spiro atoms. The first kappa shape index (κ1) is 11.6. The highest BCUT2D eigenvalue weighted by Crippen LogP contribution is 2.20. The Bertz CT molecular complexity index is 385. The van der Waals surface area contributed by atoms with Gasteiger partial charge in [0.15, 0.2) is 0 Å². The van der Waals surface area contributed by atoms with E-state index in [0.29, 0.717) is 17.0 Å². The molecular formula is C11H11ClO3. The average molecular weight is 227 g/mol. The highest BCUT2D eigenvalue weighted by atomic mass is 35.5. The number of carbonyl (C=O) groups excluding carboxylic acids is 1. The number of benzene rings is 1. The van der Waals surface area contributed by atoms with Crippen LogP contribution in [0.5, 0.6) is 5.75 Å². The van der Waals surface area contributed by atoms with Crippen molar-refractivity contribution in [3.05, 3.63) is 35.4 Å². The topological polar surface area (TPSA) is 46.5 Å². The van der Waals surface area contributed by atoms with Crippen LogP contribution in [0, 0.1) is 0 Å². The second-order valence-electron chi connectivity index (χ2n) is 2.82. The second kappa shape index (κ2) is 5.41. The fraction of sp³-hybridized carbons (Fsp3) is 0.182. The highest BCUT2D eigenvalue weighted by molar-refractivity contribution is 6.19. The molecule has 1 aromatic carbocycles. The van der Waals surface area contributed by atoms with Crippen molar-refractivity contribution in [3.63, 3.8) is 0 Å². The first-order chi connectivity index (χ1) is 7.19. The first-order valence-corrected chi connectivity index (χ1v) is 4.86. The number of aromatic hydroxyl groups is 1. The number of phenols is 1. The fourth-order valence-electron chi connectivity index (χ4n) is 1.10. The summed E-state index contributed by atoms with van der Waals surface area (Å²) in [7, 11) is 1.29. The van der Waals surface area contributed by atoms with E-state index in [-0.39, 0.29) is 5.75 Å². The van der Waals surface area contributed by atoms with Crippen molar-refractivity contribution < 1.29 is 14.6 Å². The minimum atomic E-state index is -0.474. The number of alkyl halides is 1. The van der Waals surface area contributed by atoms with Gasteiger partial charge in [-0.05, 0) is 12.1 Å². The number of rotatable bonds is 3. The molecule has 80 valence electrons. The number of allylic oxidation sites excluding steroid dienone is 1. The fourth-order valence-corrected chi connectivity index (χ4v) is 1.19. The summed E-state index contributed by atoms with van der Waals surface area (Å²) in [4.78, 5) is 11.1. The minimum Gasteiger partial charge on any atom is -0.507 e. The summed E-state index contributed by atoms with van der Waals surface area (Å²) in [5, 5.41) is 9.56. The van der Waals surface area contributed by atoms with E-state index in [1.165, 1.54) is 13.2 Å². The van der Waals surface area contributed by atoms with Gasteiger partial charge in [0.25, 0.3) is 0 Å². The number of methoxy groups -OCH3 is 1. The Morgan fingerprint density at radius 2 is 2.33 bits per heavy atom. The van der Waals surface area contributed by atoms with Crippen molar-refractivity contribution in [2.75, 3.05) is 13.0 Å². The van der Waals surface area contributed by atoms with E-state index in [0.717, 1.165) is 0 Å². The summed E-state index contributed by atoms with van der Waals surface area (Å²) < 4.78 is 4.52. The summed E-state index contributed by atoms with van der Waals surface area (Å²) in [6, 6.07) is 4.57. The van der Waals surface area contributed by atoms with E-state index < -0.39 is 5.97 Å². The maximum atomic E-state index is 11.1. The summed E-state index contributed by atoms with van der Waals surface area (Å²) >= 11 is 5.47. The van der Waals surface area contributed by atoms with E-state index >= 15 is 0 Å².